The number of hydrogen-bond acceptors (Lipinski definition) is 3. The molecule has 3 heteroatoms. The van der Waals surface area contributed by atoms with Crippen LogP contribution in [0.2, 0.25) is 0 Å². The van der Waals surface area contributed by atoms with Crippen molar-refractivity contribution in [2.24, 2.45) is 5.92 Å². The lowest BCUT2D eigenvalue weighted by atomic mass is 10.1. The summed E-state index contributed by atoms with van der Waals surface area (Å²) >= 11 is 1.58. The number of hydrogen-bond donors (Lipinski definition) is 1. The maximum atomic E-state index is 5.66. The van der Waals surface area contributed by atoms with Crippen molar-refractivity contribution in [1.29, 1.82) is 0 Å². The van der Waals surface area contributed by atoms with Crippen molar-refractivity contribution in [2.45, 2.75) is 19.3 Å². The first kappa shape index (κ1) is 8.24. The Morgan fingerprint density at radius 2 is 2.29 bits per heavy atom. The molecule has 1 aliphatic carbocycles. The van der Waals surface area contributed by atoms with Crippen LogP contribution in [-0.2, 0) is 6.42 Å². The Morgan fingerprint density at radius 1 is 1.43 bits per heavy atom. The Hall–Kier alpha value is -1.09. The number of thiazole rings is 1. The molecule has 1 aromatic heterocycles. The van der Waals surface area contributed by atoms with Crippen LogP contribution >= 0.6 is 11.3 Å². The lowest BCUT2D eigenvalue weighted by Gasteiger charge is -1.97. The standard InChI is InChI=1S/C11H12N2S/c12-11-13-9-4-3-8(5-7-1-2-7)6-10(9)14-11/h3-4,6-7H,1-2,5H2,(H2,12,13). The van der Waals surface area contributed by atoms with Gasteiger partial charge in [-0.3, -0.25) is 0 Å². The van der Waals surface area contributed by atoms with Crippen LogP contribution in [0.4, 0.5) is 5.13 Å². The van der Waals surface area contributed by atoms with Gasteiger partial charge in [-0.2, -0.15) is 0 Å². The molecule has 2 aromatic rings. The summed E-state index contributed by atoms with van der Waals surface area (Å²) in [5, 5.41) is 0.670. The van der Waals surface area contributed by atoms with Crippen LogP contribution in [-0.4, -0.2) is 4.98 Å². The van der Waals surface area contributed by atoms with Crippen molar-refractivity contribution >= 4 is 26.7 Å². The first-order valence-corrected chi connectivity index (χ1v) is 5.78. The molecule has 1 saturated carbocycles. The van der Waals surface area contributed by atoms with Crippen LogP contribution in [0.5, 0.6) is 0 Å². The maximum Gasteiger partial charge on any atom is 0.181 e. The molecule has 2 nitrogen and oxygen atoms in total. The third-order valence-corrected chi connectivity index (χ3v) is 3.54. The minimum absolute atomic E-state index is 0.670. The van der Waals surface area contributed by atoms with E-state index in [1.807, 2.05) is 0 Å². The zero-order chi connectivity index (χ0) is 9.54. The van der Waals surface area contributed by atoms with Crippen molar-refractivity contribution in [3.63, 3.8) is 0 Å². The van der Waals surface area contributed by atoms with E-state index in [0.29, 0.717) is 5.13 Å². The number of nitrogen functional groups attached to an aromatic ring is 1. The van der Waals surface area contributed by atoms with E-state index in [2.05, 4.69) is 23.2 Å². The predicted octanol–water partition coefficient (Wildman–Crippen LogP) is 2.83. The van der Waals surface area contributed by atoms with Gasteiger partial charge in [0.05, 0.1) is 10.2 Å². The molecule has 0 radical (unpaired) electrons. The number of rotatable bonds is 2. The highest BCUT2D eigenvalue weighted by Gasteiger charge is 2.21. The van der Waals surface area contributed by atoms with Gasteiger partial charge in [-0.25, -0.2) is 4.98 Å². The summed E-state index contributed by atoms with van der Waals surface area (Å²) in [5.74, 6) is 0.942. The van der Waals surface area contributed by atoms with E-state index in [9.17, 15) is 0 Å². The van der Waals surface area contributed by atoms with Gasteiger partial charge < -0.3 is 5.73 Å². The van der Waals surface area contributed by atoms with Crippen molar-refractivity contribution < 1.29 is 0 Å². The van der Waals surface area contributed by atoms with Gasteiger partial charge in [-0.1, -0.05) is 17.4 Å². The van der Waals surface area contributed by atoms with Crippen molar-refractivity contribution in [2.75, 3.05) is 5.73 Å². The Morgan fingerprint density at radius 3 is 3.07 bits per heavy atom. The minimum Gasteiger partial charge on any atom is -0.375 e. The fourth-order valence-electron chi connectivity index (χ4n) is 1.77. The maximum absolute atomic E-state index is 5.66. The summed E-state index contributed by atoms with van der Waals surface area (Å²) < 4.78 is 1.22. The third kappa shape index (κ3) is 1.48. The van der Waals surface area contributed by atoms with Crippen LogP contribution in [0, 0.1) is 5.92 Å². The van der Waals surface area contributed by atoms with E-state index in [4.69, 9.17) is 5.73 Å². The average Bonchev–Trinajstić information content (AvgIpc) is 2.86. The minimum atomic E-state index is 0.670. The largest absolute Gasteiger partial charge is 0.375 e. The lowest BCUT2D eigenvalue weighted by Crippen LogP contribution is -1.85. The predicted molar refractivity (Wildman–Crippen MR) is 60.5 cm³/mol. The van der Waals surface area contributed by atoms with Crippen LogP contribution in [0.3, 0.4) is 0 Å². The molecule has 0 bridgehead atoms. The van der Waals surface area contributed by atoms with Gasteiger partial charge in [-0.05, 0) is 42.9 Å². The molecule has 1 aromatic carbocycles. The molecule has 0 atom stereocenters. The normalized spacial score (nSPS) is 16.3. The van der Waals surface area contributed by atoms with Crippen LogP contribution < -0.4 is 5.73 Å². The molecule has 72 valence electrons. The summed E-state index contributed by atoms with van der Waals surface area (Å²) in [6, 6.07) is 6.50. The summed E-state index contributed by atoms with van der Waals surface area (Å²) in [7, 11) is 0. The topological polar surface area (TPSA) is 38.9 Å². The van der Waals surface area contributed by atoms with Gasteiger partial charge in [0.25, 0.3) is 0 Å². The first-order valence-electron chi connectivity index (χ1n) is 4.96. The second-order valence-electron chi connectivity index (χ2n) is 4.00. The molecule has 14 heavy (non-hydrogen) atoms. The Balaban J connectivity index is 2.00. The van der Waals surface area contributed by atoms with Crippen molar-refractivity contribution in [3.05, 3.63) is 23.8 Å². The number of benzene rings is 1. The number of nitrogens with zero attached hydrogens (tertiary/aromatic N) is 1. The smallest absolute Gasteiger partial charge is 0.181 e. The van der Waals surface area contributed by atoms with E-state index in [1.54, 1.807) is 11.3 Å². The van der Waals surface area contributed by atoms with E-state index in [1.165, 1.54) is 29.5 Å². The van der Waals surface area contributed by atoms with Gasteiger partial charge in [-0.15, -0.1) is 0 Å². The van der Waals surface area contributed by atoms with Crippen LogP contribution in [0.15, 0.2) is 18.2 Å². The summed E-state index contributed by atoms with van der Waals surface area (Å²) in [4.78, 5) is 4.25. The highest BCUT2D eigenvalue weighted by atomic mass is 32.1. The fraction of sp³-hybridized carbons (Fsp3) is 0.364. The molecular formula is C11H12N2S. The number of anilines is 1. The second-order valence-corrected chi connectivity index (χ2v) is 5.06. The van der Waals surface area contributed by atoms with Gasteiger partial charge in [0.1, 0.15) is 0 Å². The highest BCUT2D eigenvalue weighted by Crippen LogP contribution is 2.34. The summed E-state index contributed by atoms with van der Waals surface area (Å²) in [6.45, 7) is 0. The molecule has 2 N–H and O–H groups in total. The quantitative estimate of drug-likeness (QED) is 0.817. The van der Waals surface area contributed by atoms with Crippen LogP contribution in [0.1, 0.15) is 18.4 Å². The zero-order valence-corrected chi connectivity index (χ0v) is 8.68. The van der Waals surface area contributed by atoms with Crippen LogP contribution in [0.25, 0.3) is 10.2 Å². The Labute approximate surface area is 86.8 Å². The van der Waals surface area contributed by atoms with E-state index in [0.717, 1.165) is 11.4 Å². The molecule has 1 fully saturated rings. The van der Waals surface area contributed by atoms with Gasteiger partial charge >= 0.3 is 0 Å². The first-order chi connectivity index (χ1) is 6.81. The van der Waals surface area contributed by atoms with Gasteiger partial charge in [0.2, 0.25) is 0 Å². The van der Waals surface area contributed by atoms with Gasteiger partial charge in [0.15, 0.2) is 5.13 Å². The molecule has 0 amide bonds. The highest BCUT2D eigenvalue weighted by molar-refractivity contribution is 7.22. The molecule has 0 spiro atoms. The second kappa shape index (κ2) is 2.95. The van der Waals surface area contributed by atoms with E-state index in [-0.39, 0.29) is 0 Å². The summed E-state index contributed by atoms with van der Waals surface area (Å²) in [5.41, 5.74) is 8.13. The number of aromatic nitrogens is 1. The molecule has 0 aliphatic heterocycles. The molecular weight excluding hydrogens is 192 g/mol. The average molecular weight is 204 g/mol. The van der Waals surface area contributed by atoms with Gasteiger partial charge in [0, 0.05) is 0 Å². The molecule has 1 heterocycles. The lowest BCUT2D eigenvalue weighted by molar-refractivity contribution is 0.834. The molecule has 0 unspecified atom stereocenters. The fourth-order valence-corrected chi connectivity index (χ4v) is 2.57. The SMILES string of the molecule is Nc1nc2ccc(CC3CC3)cc2s1. The van der Waals surface area contributed by atoms with Crippen molar-refractivity contribution in [3.8, 4) is 0 Å². The number of fused-ring (bicyclic) bond motifs is 1. The molecule has 0 saturated heterocycles. The number of nitrogens with two attached hydrogens (primary N) is 1. The Kier molecular flexibility index (Phi) is 1.74. The van der Waals surface area contributed by atoms with Crippen molar-refractivity contribution in [1.82, 2.24) is 4.98 Å². The monoisotopic (exact) mass is 204 g/mol. The summed E-state index contributed by atoms with van der Waals surface area (Å²) in [6.07, 6.45) is 4.04. The molecule has 1 aliphatic rings. The Bertz CT molecular complexity index is 471. The zero-order valence-electron chi connectivity index (χ0n) is 7.86. The molecule has 3 rings (SSSR count). The van der Waals surface area contributed by atoms with E-state index < -0.39 is 0 Å². The van der Waals surface area contributed by atoms with E-state index >= 15 is 0 Å². The third-order valence-electron chi connectivity index (χ3n) is 2.69.